The Morgan fingerprint density at radius 1 is 1.71 bits per heavy atom. The van der Waals surface area contributed by atoms with Crippen LogP contribution in [-0.4, -0.2) is 33.4 Å². The molecule has 2 N–H and O–H groups in total. The Bertz CT molecular complexity index is 354. The molecule has 1 unspecified atom stereocenters. The number of carboxylic acids is 1. The molecule has 0 aliphatic rings. The Labute approximate surface area is 105 Å². The summed E-state index contributed by atoms with van der Waals surface area (Å²) >= 11 is 1.42. The van der Waals surface area contributed by atoms with Gasteiger partial charge in [0.05, 0.1) is 6.20 Å². The van der Waals surface area contributed by atoms with Gasteiger partial charge in [0.15, 0.2) is 0 Å². The van der Waals surface area contributed by atoms with Gasteiger partial charge in [-0.1, -0.05) is 11.8 Å². The van der Waals surface area contributed by atoms with Crippen molar-refractivity contribution in [2.75, 3.05) is 5.75 Å². The molecule has 1 atom stereocenters. The van der Waals surface area contributed by atoms with E-state index in [1.807, 2.05) is 13.8 Å². The Morgan fingerprint density at radius 2 is 2.41 bits per heavy atom. The third kappa shape index (κ3) is 4.40. The molecule has 0 spiro atoms. The maximum absolute atomic E-state index is 11.2. The predicted molar refractivity (Wildman–Crippen MR) is 66.2 cm³/mol. The third-order valence-electron chi connectivity index (χ3n) is 2.32. The summed E-state index contributed by atoms with van der Waals surface area (Å²) in [6.45, 7) is 5.57. The van der Waals surface area contributed by atoms with E-state index in [9.17, 15) is 9.90 Å². The van der Waals surface area contributed by atoms with Crippen LogP contribution in [0.1, 0.15) is 27.2 Å². The summed E-state index contributed by atoms with van der Waals surface area (Å²) in [7, 11) is 0. The van der Waals surface area contributed by atoms with E-state index in [1.54, 1.807) is 13.1 Å². The molecule has 17 heavy (non-hydrogen) atoms. The van der Waals surface area contributed by atoms with E-state index in [4.69, 9.17) is 4.42 Å². The Morgan fingerprint density at radius 3 is 2.88 bits per heavy atom. The molecule has 1 aromatic rings. The van der Waals surface area contributed by atoms with Gasteiger partial charge in [-0.15, -0.1) is 0 Å². The highest BCUT2D eigenvalue weighted by Gasteiger charge is 2.33. The summed E-state index contributed by atoms with van der Waals surface area (Å²) in [5.41, 5.74) is -0.909. The van der Waals surface area contributed by atoms with E-state index < -0.39 is 11.5 Å². The molecule has 96 valence electrons. The van der Waals surface area contributed by atoms with Crippen molar-refractivity contribution in [1.29, 1.82) is 0 Å². The van der Waals surface area contributed by atoms with E-state index in [0.29, 0.717) is 17.4 Å². The molecule has 0 aliphatic heterocycles. The van der Waals surface area contributed by atoms with Gasteiger partial charge in [-0.05, 0) is 27.2 Å². The zero-order chi connectivity index (χ0) is 12.9. The first-order valence-corrected chi connectivity index (χ1v) is 6.46. The molecule has 0 radical (unpaired) electrons. The molecule has 0 amide bonds. The SMILES string of the molecule is CC(C)NC(C)(CCSc1ncco1)C(=O)O. The highest BCUT2D eigenvalue weighted by atomic mass is 32.2. The van der Waals surface area contributed by atoms with Crippen LogP contribution in [0.3, 0.4) is 0 Å². The van der Waals surface area contributed by atoms with Crippen molar-refractivity contribution >= 4 is 17.7 Å². The summed E-state index contributed by atoms with van der Waals surface area (Å²) in [5.74, 6) is -0.192. The molecule has 0 bridgehead atoms. The van der Waals surface area contributed by atoms with Crippen LogP contribution in [0.4, 0.5) is 0 Å². The molecule has 0 saturated heterocycles. The summed E-state index contributed by atoms with van der Waals surface area (Å²) in [6.07, 6.45) is 3.59. The van der Waals surface area contributed by atoms with Crippen LogP contribution in [-0.2, 0) is 4.79 Å². The van der Waals surface area contributed by atoms with Crippen molar-refractivity contribution in [3.63, 3.8) is 0 Å². The molecule has 0 aromatic carbocycles. The van der Waals surface area contributed by atoms with Crippen LogP contribution in [0.5, 0.6) is 0 Å². The molecule has 0 fully saturated rings. The number of aromatic nitrogens is 1. The van der Waals surface area contributed by atoms with Gasteiger partial charge in [-0.2, -0.15) is 0 Å². The molecular weight excluding hydrogens is 240 g/mol. The fourth-order valence-corrected chi connectivity index (χ4v) is 2.45. The number of hydrogen-bond donors (Lipinski definition) is 2. The van der Waals surface area contributed by atoms with Crippen LogP contribution in [0, 0.1) is 0 Å². The highest BCUT2D eigenvalue weighted by Crippen LogP contribution is 2.21. The van der Waals surface area contributed by atoms with Gasteiger partial charge in [0, 0.05) is 11.8 Å². The average Bonchev–Trinajstić information content (AvgIpc) is 2.69. The molecule has 1 aromatic heterocycles. The standard InChI is InChI=1S/C11H18N2O3S/c1-8(2)13-11(3,9(14)15)4-7-17-10-12-5-6-16-10/h5-6,8,13H,4,7H2,1-3H3,(H,14,15). The van der Waals surface area contributed by atoms with E-state index in [2.05, 4.69) is 10.3 Å². The molecule has 6 heteroatoms. The summed E-state index contributed by atoms with van der Waals surface area (Å²) in [4.78, 5) is 15.2. The zero-order valence-corrected chi connectivity index (χ0v) is 11.1. The number of thioether (sulfide) groups is 1. The topological polar surface area (TPSA) is 75.4 Å². The average molecular weight is 258 g/mol. The van der Waals surface area contributed by atoms with Crippen molar-refractivity contribution in [2.24, 2.45) is 0 Å². The monoisotopic (exact) mass is 258 g/mol. The second kappa shape index (κ2) is 6.07. The zero-order valence-electron chi connectivity index (χ0n) is 10.3. The summed E-state index contributed by atoms with van der Waals surface area (Å²) < 4.78 is 5.07. The number of oxazole rings is 1. The number of nitrogens with one attached hydrogen (secondary N) is 1. The second-order valence-corrected chi connectivity index (χ2v) is 5.38. The summed E-state index contributed by atoms with van der Waals surface area (Å²) in [5, 5.41) is 12.9. The smallest absolute Gasteiger partial charge is 0.323 e. The Kier molecular flexibility index (Phi) is 5.02. The van der Waals surface area contributed by atoms with E-state index in [1.165, 1.54) is 18.0 Å². The number of carboxylic acid groups (broad SMARTS) is 1. The molecule has 0 aliphatic carbocycles. The maximum Gasteiger partial charge on any atom is 0.323 e. The Hall–Kier alpha value is -1.01. The maximum atomic E-state index is 11.2. The van der Waals surface area contributed by atoms with Crippen molar-refractivity contribution in [3.05, 3.63) is 12.5 Å². The molecule has 1 rings (SSSR count). The minimum Gasteiger partial charge on any atom is -0.480 e. The van der Waals surface area contributed by atoms with Crippen molar-refractivity contribution in [2.45, 2.75) is 44.0 Å². The number of aliphatic carboxylic acids is 1. The second-order valence-electron chi connectivity index (χ2n) is 4.33. The van der Waals surface area contributed by atoms with E-state index in [-0.39, 0.29) is 6.04 Å². The number of nitrogens with zero attached hydrogens (tertiary/aromatic N) is 1. The van der Waals surface area contributed by atoms with Gasteiger partial charge in [-0.25, -0.2) is 4.98 Å². The fraction of sp³-hybridized carbons (Fsp3) is 0.636. The number of carbonyl (C=O) groups is 1. The predicted octanol–water partition coefficient (Wildman–Crippen LogP) is 2.00. The highest BCUT2D eigenvalue weighted by molar-refractivity contribution is 7.99. The lowest BCUT2D eigenvalue weighted by Crippen LogP contribution is -2.52. The largest absolute Gasteiger partial charge is 0.480 e. The first-order chi connectivity index (χ1) is 7.94. The number of rotatable bonds is 7. The fourth-order valence-electron chi connectivity index (χ4n) is 1.50. The van der Waals surface area contributed by atoms with Crippen LogP contribution >= 0.6 is 11.8 Å². The normalized spacial score (nSPS) is 14.8. The van der Waals surface area contributed by atoms with Crippen LogP contribution in [0.25, 0.3) is 0 Å². The third-order valence-corrected chi connectivity index (χ3v) is 3.17. The van der Waals surface area contributed by atoms with Gasteiger partial charge < -0.3 is 9.52 Å². The summed E-state index contributed by atoms with van der Waals surface area (Å²) in [6, 6.07) is 0.128. The first kappa shape index (κ1) is 14.1. The van der Waals surface area contributed by atoms with Crippen LogP contribution < -0.4 is 5.32 Å². The van der Waals surface area contributed by atoms with Gasteiger partial charge >= 0.3 is 5.97 Å². The minimum absolute atomic E-state index is 0.128. The van der Waals surface area contributed by atoms with Gasteiger partial charge in [0.2, 0.25) is 0 Å². The van der Waals surface area contributed by atoms with Crippen LogP contribution in [0.2, 0.25) is 0 Å². The first-order valence-electron chi connectivity index (χ1n) is 5.47. The lowest BCUT2D eigenvalue weighted by Gasteiger charge is -2.28. The molecule has 5 nitrogen and oxygen atoms in total. The Balaban J connectivity index is 2.47. The molecule has 1 heterocycles. The van der Waals surface area contributed by atoms with Gasteiger partial charge in [0.1, 0.15) is 11.8 Å². The molecular formula is C11H18N2O3S. The van der Waals surface area contributed by atoms with Gasteiger partial charge in [-0.3, -0.25) is 10.1 Å². The van der Waals surface area contributed by atoms with Gasteiger partial charge in [0.25, 0.3) is 5.22 Å². The number of hydrogen-bond acceptors (Lipinski definition) is 5. The van der Waals surface area contributed by atoms with E-state index >= 15 is 0 Å². The lowest BCUT2D eigenvalue weighted by atomic mass is 9.98. The van der Waals surface area contributed by atoms with Crippen molar-refractivity contribution in [3.8, 4) is 0 Å². The van der Waals surface area contributed by atoms with Crippen LogP contribution in [0.15, 0.2) is 22.1 Å². The van der Waals surface area contributed by atoms with Crippen molar-refractivity contribution in [1.82, 2.24) is 10.3 Å². The quantitative estimate of drug-likeness (QED) is 0.729. The van der Waals surface area contributed by atoms with Crippen molar-refractivity contribution < 1.29 is 14.3 Å². The van der Waals surface area contributed by atoms with E-state index in [0.717, 1.165) is 0 Å². The lowest BCUT2D eigenvalue weighted by molar-refractivity contribution is -0.144. The molecule has 0 saturated carbocycles. The minimum atomic E-state index is -0.909.